The third-order valence-corrected chi connectivity index (χ3v) is 5.29. The highest BCUT2D eigenvalue weighted by molar-refractivity contribution is 6.55. The van der Waals surface area contributed by atoms with Gasteiger partial charge in [0.25, 0.3) is 0 Å². The van der Waals surface area contributed by atoms with Crippen LogP contribution in [0.4, 0.5) is 4.39 Å². The molecule has 3 heterocycles. The number of aromatic nitrogens is 1. The van der Waals surface area contributed by atoms with Crippen molar-refractivity contribution in [3.63, 3.8) is 0 Å². The van der Waals surface area contributed by atoms with Crippen LogP contribution in [0, 0.1) is 5.92 Å². The first-order valence-electron chi connectivity index (χ1n) is 8.56. The highest BCUT2D eigenvalue weighted by atomic mass is 19.1. The lowest BCUT2D eigenvalue weighted by atomic mass is 9.77. The third-order valence-electron chi connectivity index (χ3n) is 5.29. The van der Waals surface area contributed by atoms with Crippen molar-refractivity contribution in [1.82, 2.24) is 4.98 Å². The van der Waals surface area contributed by atoms with Gasteiger partial charge in [-0.25, -0.2) is 4.39 Å². The summed E-state index contributed by atoms with van der Waals surface area (Å²) in [5, 5.41) is 0. The molecular weight excluding hydrogens is 308 g/mol. The summed E-state index contributed by atoms with van der Waals surface area (Å²) in [4.78, 5) is 4.37. The van der Waals surface area contributed by atoms with Gasteiger partial charge in [-0.3, -0.25) is 4.98 Å². The summed E-state index contributed by atoms with van der Waals surface area (Å²) in [7, 11) is -0.991. The summed E-state index contributed by atoms with van der Waals surface area (Å²) in [6.07, 6.45) is 3.24. The van der Waals surface area contributed by atoms with Gasteiger partial charge in [0.2, 0.25) is 0 Å². The predicted octanol–water partition coefficient (Wildman–Crippen LogP) is 3.82. The standard InChI is InChI=1S/C18H25BFNO3/c1-17(2)18(3,4)24-19(23-17)16(20)15(13-8-11-22-12-9-13)14-7-5-6-10-21-14/h5-7,10,13H,8-9,11-12H2,1-4H3. The zero-order chi connectivity index (χ0) is 17.4. The third kappa shape index (κ3) is 3.28. The molecule has 6 heteroatoms. The van der Waals surface area contributed by atoms with E-state index in [1.807, 2.05) is 45.9 Å². The van der Waals surface area contributed by atoms with Crippen molar-refractivity contribution in [2.24, 2.45) is 5.92 Å². The summed E-state index contributed by atoms with van der Waals surface area (Å²) in [5.74, 6) is 0.0627. The molecule has 0 spiro atoms. The van der Waals surface area contributed by atoms with Crippen LogP contribution < -0.4 is 0 Å². The Kier molecular flexibility index (Phi) is 4.82. The predicted molar refractivity (Wildman–Crippen MR) is 91.9 cm³/mol. The fourth-order valence-corrected chi connectivity index (χ4v) is 3.11. The average Bonchev–Trinajstić information content (AvgIpc) is 2.78. The Morgan fingerprint density at radius 2 is 1.75 bits per heavy atom. The molecule has 2 aliphatic rings. The van der Waals surface area contributed by atoms with Crippen molar-refractivity contribution in [1.29, 1.82) is 0 Å². The minimum atomic E-state index is -0.991. The van der Waals surface area contributed by atoms with E-state index in [1.54, 1.807) is 6.20 Å². The van der Waals surface area contributed by atoms with Crippen LogP contribution >= 0.6 is 0 Å². The topological polar surface area (TPSA) is 40.6 Å². The number of halogens is 1. The van der Waals surface area contributed by atoms with Crippen LogP contribution in [0.15, 0.2) is 30.1 Å². The van der Waals surface area contributed by atoms with Gasteiger partial charge >= 0.3 is 7.12 Å². The number of ether oxygens (including phenoxy) is 1. The van der Waals surface area contributed by atoms with Gasteiger partial charge in [0.15, 0.2) is 0 Å². The highest BCUT2D eigenvalue weighted by Gasteiger charge is 2.54. The minimum Gasteiger partial charge on any atom is -0.398 e. The van der Waals surface area contributed by atoms with Gasteiger partial charge in [0.05, 0.1) is 16.9 Å². The van der Waals surface area contributed by atoms with Crippen molar-refractivity contribution in [3.05, 3.63) is 35.8 Å². The van der Waals surface area contributed by atoms with Gasteiger partial charge in [-0.15, -0.1) is 0 Å². The van der Waals surface area contributed by atoms with E-state index in [4.69, 9.17) is 14.0 Å². The fraction of sp³-hybridized carbons (Fsp3) is 0.611. The highest BCUT2D eigenvalue weighted by Crippen LogP contribution is 2.42. The zero-order valence-electron chi connectivity index (χ0n) is 14.8. The summed E-state index contributed by atoms with van der Waals surface area (Å²) >= 11 is 0. The molecule has 130 valence electrons. The number of pyridine rings is 1. The molecule has 0 N–H and O–H groups in total. The normalized spacial score (nSPS) is 24.8. The molecule has 1 aromatic heterocycles. The summed E-state index contributed by atoms with van der Waals surface area (Å²) in [6, 6.07) is 5.55. The Morgan fingerprint density at radius 3 is 2.29 bits per heavy atom. The first-order valence-corrected chi connectivity index (χ1v) is 8.56. The molecule has 0 unspecified atom stereocenters. The van der Waals surface area contributed by atoms with E-state index in [2.05, 4.69) is 4.98 Å². The van der Waals surface area contributed by atoms with Crippen molar-refractivity contribution in [3.8, 4) is 0 Å². The quantitative estimate of drug-likeness (QED) is 0.789. The van der Waals surface area contributed by atoms with Gasteiger partial charge in [0.1, 0.15) is 5.73 Å². The molecule has 1 aromatic rings. The Labute approximate surface area is 143 Å². The molecule has 0 aromatic carbocycles. The second-order valence-electron chi connectivity index (χ2n) is 7.45. The molecule has 0 atom stereocenters. The van der Waals surface area contributed by atoms with Gasteiger partial charge in [-0.1, -0.05) is 6.07 Å². The molecule has 0 amide bonds. The van der Waals surface area contributed by atoms with Crippen molar-refractivity contribution in [2.45, 2.75) is 51.7 Å². The Morgan fingerprint density at radius 1 is 1.12 bits per heavy atom. The summed E-state index contributed by atoms with van der Waals surface area (Å²) < 4.78 is 32.7. The van der Waals surface area contributed by atoms with Crippen LogP contribution in [-0.2, 0) is 14.0 Å². The van der Waals surface area contributed by atoms with Crippen LogP contribution in [-0.4, -0.2) is 36.5 Å². The van der Waals surface area contributed by atoms with E-state index in [0.717, 1.165) is 12.8 Å². The molecule has 24 heavy (non-hydrogen) atoms. The lowest BCUT2D eigenvalue weighted by molar-refractivity contribution is 0.00578. The molecule has 2 saturated heterocycles. The van der Waals surface area contributed by atoms with Gasteiger partial charge in [-0.2, -0.15) is 0 Å². The maximum Gasteiger partial charge on any atom is 0.525 e. The molecule has 3 rings (SSSR count). The van der Waals surface area contributed by atoms with Crippen LogP contribution in [0.1, 0.15) is 46.2 Å². The number of allylic oxidation sites excluding steroid dienone is 1. The lowest BCUT2D eigenvalue weighted by Gasteiger charge is -2.32. The van der Waals surface area contributed by atoms with Gasteiger partial charge in [0, 0.05) is 25.0 Å². The number of nitrogens with zero attached hydrogens (tertiary/aromatic N) is 1. The fourth-order valence-electron chi connectivity index (χ4n) is 3.11. The molecule has 0 bridgehead atoms. The number of hydrogen-bond acceptors (Lipinski definition) is 4. The van der Waals surface area contributed by atoms with Crippen LogP contribution in [0.5, 0.6) is 0 Å². The number of rotatable bonds is 3. The second-order valence-corrected chi connectivity index (χ2v) is 7.45. The van der Waals surface area contributed by atoms with Crippen molar-refractivity contribution < 1.29 is 18.4 Å². The van der Waals surface area contributed by atoms with E-state index in [-0.39, 0.29) is 11.6 Å². The smallest absolute Gasteiger partial charge is 0.398 e. The van der Waals surface area contributed by atoms with Crippen LogP contribution in [0.3, 0.4) is 0 Å². The first-order chi connectivity index (χ1) is 11.3. The molecule has 0 saturated carbocycles. The summed E-state index contributed by atoms with van der Waals surface area (Å²) in [6.45, 7) is 8.98. The maximum absolute atomic E-state index is 15.5. The van der Waals surface area contributed by atoms with Crippen LogP contribution in [0.25, 0.3) is 5.57 Å². The van der Waals surface area contributed by atoms with Gasteiger partial charge < -0.3 is 14.0 Å². The Hall–Kier alpha value is -1.24. The monoisotopic (exact) mass is 333 g/mol. The van der Waals surface area contributed by atoms with E-state index in [0.29, 0.717) is 24.5 Å². The first kappa shape index (κ1) is 17.6. The Bertz CT molecular complexity index is 596. The molecule has 2 fully saturated rings. The SMILES string of the molecule is CC1(C)OB(C(F)=C(c2ccccn2)C2CCOCC2)OC1(C)C. The van der Waals surface area contributed by atoms with Crippen molar-refractivity contribution in [2.75, 3.05) is 13.2 Å². The maximum atomic E-state index is 15.5. The summed E-state index contributed by atoms with van der Waals surface area (Å²) in [5.41, 5.74) is -0.256. The van der Waals surface area contributed by atoms with E-state index in [9.17, 15) is 0 Å². The Balaban J connectivity index is 1.99. The van der Waals surface area contributed by atoms with Gasteiger partial charge in [-0.05, 0) is 58.6 Å². The lowest BCUT2D eigenvalue weighted by Crippen LogP contribution is -2.41. The largest absolute Gasteiger partial charge is 0.525 e. The molecule has 2 aliphatic heterocycles. The number of hydrogen-bond donors (Lipinski definition) is 0. The van der Waals surface area contributed by atoms with E-state index < -0.39 is 18.3 Å². The van der Waals surface area contributed by atoms with Crippen molar-refractivity contribution >= 4 is 12.7 Å². The molecule has 0 radical (unpaired) electrons. The molecular formula is C18H25BFNO3. The van der Waals surface area contributed by atoms with E-state index >= 15 is 4.39 Å². The minimum absolute atomic E-state index is 0.0627. The second kappa shape index (κ2) is 6.58. The zero-order valence-corrected chi connectivity index (χ0v) is 14.8. The van der Waals surface area contributed by atoms with Crippen LogP contribution in [0.2, 0.25) is 0 Å². The van der Waals surface area contributed by atoms with E-state index in [1.165, 1.54) is 0 Å². The molecule has 4 nitrogen and oxygen atoms in total. The average molecular weight is 333 g/mol. The molecule has 0 aliphatic carbocycles.